The lowest BCUT2D eigenvalue weighted by atomic mass is 9.89. The van der Waals surface area contributed by atoms with E-state index in [2.05, 4.69) is 15.2 Å². The van der Waals surface area contributed by atoms with Gasteiger partial charge >= 0.3 is 18.1 Å². The Bertz CT molecular complexity index is 1190. The molecular weight excluding hydrogens is 441 g/mol. The molecule has 3 heterocycles. The van der Waals surface area contributed by atoms with Crippen LogP contribution >= 0.6 is 0 Å². The van der Waals surface area contributed by atoms with Gasteiger partial charge in [-0.15, -0.1) is 10.2 Å². The molecule has 0 spiro atoms. The number of carbonyl (C=O) groups excluding carboxylic acids is 2. The van der Waals surface area contributed by atoms with E-state index in [1.54, 1.807) is 26.0 Å². The van der Waals surface area contributed by atoms with Gasteiger partial charge in [0.1, 0.15) is 6.61 Å². The molecule has 0 aliphatic carbocycles. The number of hydrogen-bond acceptors (Lipinski definition) is 7. The summed E-state index contributed by atoms with van der Waals surface area (Å²) < 4.78 is 50.8. The number of aromatic nitrogens is 4. The lowest BCUT2D eigenvalue weighted by molar-refractivity contribution is -0.146. The molecule has 3 aromatic rings. The quantitative estimate of drug-likeness (QED) is 0.489. The molecule has 11 heteroatoms. The molecule has 1 atom stereocenters. The largest absolute Gasteiger partial charge is 0.466 e. The van der Waals surface area contributed by atoms with Crippen molar-refractivity contribution in [2.75, 3.05) is 6.61 Å². The molecule has 0 aliphatic rings. The number of halogens is 3. The fourth-order valence-electron chi connectivity index (χ4n) is 3.53. The molecule has 0 saturated carbocycles. The number of nitrogens with zero attached hydrogens (tertiary/aromatic N) is 4. The normalized spacial score (nSPS) is 12.6. The Hall–Kier alpha value is -3.50. The maximum atomic E-state index is 13.2. The van der Waals surface area contributed by atoms with E-state index in [4.69, 9.17) is 9.47 Å². The maximum Gasteiger partial charge on any atom is 0.452 e. The van der Waals surface area contributed by atoms with E-state index in [1.165, 1.54) is 19.2 Å². The van der Waals surface area contributed by atoms with Crippen LogP contribution in [0, 0.1) is 13.8 Å². The van der Waals surface area contributed by atoms with E-state index in [1.807, 2.05) is 6.92 Å². The summed E-state index contributed by atoms with van der Waals surface area (Å²) in [5, 5.41) is 7.01. The highest BCUT2D eigenvalue weighted by Crippen LogP contribution is 2.34. The third-order valence-corrected chi connectivity index (χ3v) is 5.16. The number of alkyl halides is 3. The Morgan fingerprint density at radius 1 is 1.12 bits per heavy atom. The maximum absolute atomic E-state index is 13.2. The lowest BCUT2D eigenvalue weighted by Gasteiger charge is -2.20. The van der Waals surface area contributed by atoms with Crippen molar-refractivity contribution in [1.29, 1.82) is 0 Å². The number of carbonyl (C=O) groups is 2. The van der Waals surface area contributed by atoms with Crippen LogP contribution in [0.2, 0.25) is 0 Å². The SMILES string of the molecule is CCOC(=O)CC(c1ccc(C)c(COC(C)=O)n1)c1ccn2c(C(F)(F)F)nnc2c1C. The van der Waals surface area contributed by atoms with Gasteiger partial charge in [0, 0.05) is 24.7 Å². The first-order chi connectivity index (χ1) is 15.5. The summed E-state index contributed by atoms with van der Waals surface area (Å²) in [6.07, 6.45) is -3.53. The zero-order valence-electron chi connectivity index (χ0n) is 18.6. The highest BCUT2D eigenvalue weighted by Gasteiger charge is 2.37. The molecule has 3 rings (SSSR count). The molecule has 0 aromatic carbocycles. The minimum atomic E-state index is -4.66. The summed E-state index contributed by atoms with van der Waals surface area (Å²) in [7, 11) is 0. The summed E-state index contributed by atoms with van der Waals surface area (Å²) in [6.45, 7) is 6.53. The number of fused-ring (bicyclic) bond motifs is 1. The summed E-state index contributed by atoms with van der Waals surface area (Å²) >= 11 is 0. The minimum Gasteiger partial charge on any atom is -0.466 e. The van der Waals surface area contributed by atoms with E-state index in [0.717, 1.165) is 9.96 Å². The molecule has 0 fully saturated rings. The number of rotatable bonds is 7. The summed E-state index contributed by atoms with van der Waals surface area (Å²) in [5.41, 5.74) is 2.80. The van der Waals surface area contributed by atoms with Crippen molar-refractivity contribution in [3.63, 3.8) is 0 Å². The van der Waals surface area contributed by atoms with Crippen molar-refractivity contribution >= 4 is 17.6 Å². The first kappa shape index (κ1) is 24.1. The molecule has 33 heavy (non-hydrogen) atoms. The van der Waals surface area contributed by atoms with Crippen molar-refractivity contribution in [2.24, 2.45) is 0 Å². The van der Waals surface area contributed by atoms with E-state index < -0.39 is 29.9 Å². The van der Waals surface area contributed by atoms with Crippen LogP contribution < -0.4 is 0 Å². The topological polar surface area (TPSA) is 95.7 Å². The van der Waals surface area contributed by atoms with Gasteiger partial charge in [-0.05, 0) is 49.6 Å². The number of pyridine rings is 2. The standard InChI is InChI=1S/C22H23F3N4O4/c1-5-32-19(31)10-16(17-7-6-12(2)18(26-17)11-33-14(4)30)15-8-9-29-20(13(15)3)27-28-21(29)22(23,24)25/h6-9,16H,5,10-11H2,1-4H3. The zero-order valence-corrected chi connectivity index (χ0v) is 18.6. The Morgan fingerprint density at radius 2 is 1.85 bits per heavy atom. The van der Waals surface area contributed by atoms with Crippen LogP contribution in [-0.2, 0) is 31.8 Å². The Morgan fingerprint density at radius 3 is 2.48 bits per heavy atom. The van der Waals surface area contributed by atoms with Crippen LogP contribution in [0.25, 0.3) is 5.65 Å². The predicted molar refractivity (Wildman–Crippen MR) is 110 cm³/mol. The molecule has 0 bridgehead atoms. The molecule has 0 amide bonds. The Kier molecular flexibility index (Phi) is 6.99. The van der Waals surface area contributed by atoms with Gasteiger partial charge in [0.15, 0.2) is 5.65 Å². The number of esters is 2. The van der Waals surface area contributed by atoms with Crippen molar-refractivity contribution < 1.29 is 32.2 Å². The molecule has 0 aliphatic heterocycles. The van der Waals surface area contributed by atoms with Gasteiger partial charge in [-0.3, -0.25) is 19.0 Å². The number of hydrogen-bond donors (Lipinski definition) is 0. The van der Waals surface area contributed by atoms with Gasteiger partial charge in [0.05, 0.1) is 18.7 Å². The highest BCUT2D eigenvalue weighted by molar-refractivity contribution is 5.72. The molecule has 0 radical (unpaired) electrons. The Balaban J connectivity index is 2.11. The average molecular weight is 464 g/mol. The molecule has 3 aromatic heterocycles. The van der Waals surface area contributed by atoms with Gasteiger partial charge < -0.3 is 9.47 Å². The van der Waals surface area contributed by atoms with E-state index in [-0.39, 0.29) is 25.3 Å². The van der Waals surface area contributed by atoms with Gasteiger partial charge in [0.2, 0.25) is 5.82 Å². The first-order valence-corrected chi connectivity index (χ1v) is 10.2. The third-order valence-electron chi connectivity index (χ3n) is 5.16. The Labute approximate surface area is 187 Å². The van der Waals surface area contributed by atoms with Crippen LogP contribution in [-0.4, -0.2) is 38.1 Å². The molecule has 1 unspecified atom stereocenters. The first-order valence-electron chi connectivity index (χ1n) is 10.2. The summed E-state index contributed by atoms with van der Waals surface area (Å²) in [5.74, 6) is -2.70. The second-order valence-corrected chi connectivity index (χ2v) is 7.45. The van der Waals surface area contributed by atoms with Gasteiger partial charge in [0.25, 0.3) is 0 Å². The van der Waals surface area contributed by atoms with Gasteiger partial charge in [-0.25, -0.2) is 0 Å². The van der Waals surface area contributed by atoms with Crippen LogP contribution in [0.4, 0.5) is 13.2 Å². The fourth-order valence-corrected chi connectivity index (χ4v) is 3.53. The fraction of sp³-hybridized carbons (Fsp3) is 0.409. The summed E-state index contributed by atoms with van der Waals surface area (Å²) in [4.78, 5) is 28.2. The second-order valence-electron chi connectivity index (χ2n) is 7.45. The molecule has 0 N–H and O–H groups in total. The van der Waals surface area contributed by atoms with Crippen LogP contribution in [0.5, 0.6) is 0 Å². The molecule has 176 valence electrons. The van der Waals surface area contributed by atoms with Gasteiger partial charge in [-0.1, -0.05) is 6.07 Å². The molecular formula is C22H23F3N4O4. The van der Waals surface area contributed by atoms with Crippen molar-refractivity contribution in [2.45, 2.75) is 52.8 Å². The van der Waals surface area contributed by atoms with E-state index in [9.17, 15) is 22.8 Å². The lowest BCUT2D eigenvalue weighted by Crippen LogP contribution is -2.16. The molecule has 0 saturated heterocycles. The van der Waals surface area contributed by atoms with Crippen molar-refractivity contribution in [3.8, 4) is 0 Å². The van der Waals surface area contributed by atoms with Crippen LogP contribution in [0.1, 0.15) is 60.1 Å². The number of ether oxygens (including phenoxy) is 2. The van der Waals surface area contributed by atoms with Crippen molar-refractivity contribution in [3.05, 3.63) is 58.3 Å². The van der Waals surface area contributed by atoms with Crippen molar-refractivity contribution in [1.82, 2.24) is 19.6 Å². The third kappa shape index (κ3) is 5.29. The predicted octanol–water partition coefficient (Wildman–Crippen LogP) is 3.91. The highest BCUT2D eigenvalue weighted by atomic mass is 19.4. The zero-order chi connectivity index (χ0) is 24.3. The van der Waals surface area contributed by atoms with E-state index >= 15 is 0 Å². The number of aryl methyl sites for hydroxylation is 2. The minimum absolute atomic E-state index is 0.0286. The average Bonchev–Trinajstić information content (AvgIpc) is 3.18. The van der Waals surface area contributed by atoms with Gasteiger partial charge in [-0.2, -0.15) is 13.2 Å². The molecule has 8 nitrogen and oxygen atoms in total. The van der Waals surface area contributed by atoms with Crippen LogP contribution in [0.3, 0.4) is 0 Å². The monoisotopic (exact) mass is 464 g/mol. The van der Waals surface area contributed by atoms with E-state index in [0.29, 0.717) is 22.5 Å². The smallest absolute Gasteiger partial charge is 0.452 e. The second kappa shape index (κ2) is 9.55. The summed E-state index contributed by atoms with van der Waals surface area (Å²) in [6, 6.07) is 5.01. The van der Waals surface area contributed by atoms with Crippen LogP contribution in [0.15, 0.2) is 24.4 Å².